The van der Waals surface area contributed by atoms with Crippen LogP contribution in [0, 0.1) is 0 Å². The van der Waals surface area contributed by atoms with Gasteiger partial charge in [0.25, 0.3) is 20.0 Å². The Bertz CT molecular complexity index is 2100. The molecule has 0 saturated carbocycles. The first-order valence-electron chi connectivity index (χ1n) is 16.1. The van der Waals surface area contributed by atoms with Crippen LogP contribution in [-0.4, -0.2) is 16.8 Å². The molecule has 0 radical (unpaired) electrons. The second kappa shape index (κ2) is 15.8. The summed E-state index contributed by atoms with van der Waals surface area (Å²) in [4.78, 5) is 0.458. The summed E-state index contributed by atoms with van der Waals surface area (Å²) in [5, 5.41) is 1.10. The number of halogens is 2. The molecular weight excluding hydrogens is 707 g/mol. The average Bonchev–Trinajstić information content (AvgIpc) is 3.01. The Morgan fingerprint density at radius 1 is 0.560 bits per heavy atom. The first-order valence-corrected chi connectivity index (χ1v) is 19.8. The zero-order valence-corrected chi connectivity index (χ0v) is 33.6. The molecule has 4 aromatic rings. The Balaban J connectivity index is 0.000000271. The van der Waals surface area contributed by atoms with E-state index in [-0.39, 0.29) is 20.6 Å². The molecule has 0 aliphatic rings. The van der Waals surface area contributed by atoms with E-state index < -0.39 is 20.0 Å². The van der Waals surface area contributed by atoms with Crippen LogP contribution in [0.1, 0.15) is 91.5 Å². The summed E-state index contributed by atoms with van der Waals surface area (Å²) in [6.07, 6.45) is 0. The number of hydrogen-bond donors (Lipinski definition) is 2. The minimum Gasteiger partial charge on any atom is -0.279 e. The third-order valence-corrected chi connectivity index (χ3v) is 11.4. The van der Waals surface area contributed by atoms with Crippen molar-refractivity contribution in [3.05, 3.63) is 129 Å². The van der Waals surface area contributed by atoms with Gasteiger partial charge in [-0.2, -0.15) is 0 Å². The van der Waals surface area contributed by atoms with E-state index in [0.29, 0.717) is 27.0 Å². The van der Waals surface area contributed by atoms with Gasteiger partial charge in [-0.25, -0.2) is 16.8 Å². The fraction of sp³-hybridized carbons (Fsp3) is 0.300. The maximum absolute atomic E-state index is 12.8. The normalized spacial score (nSPS) is 12.0. The third-order valence-electron chi connectivity index (χ3n) is 8.13. The maximum atomic E-state index is 12.8. The molecule has 0 unspecified atom stereocenters. The minimum atomic E-state index is -3.69. The molecule has 0 fully saturated rings. The van der Waals surface area contributed by atoms with Crippen molar-refractivity contribution in [1.29, 1.82) is 0 Å². The highest BCUT2D eigenvalue weighted by atomic mass is 35.5. The van der Waals surface area contributed by atoms with Gasteiger partial charge in [-0.3, -0.25) is 9.44 Å². The standard InChI is InChI=1S/C21H26ClNO2S.C19H22ClNO2S/c1-14(2)15(3)19-13-17(22)9-12-20(19)23-26(24,25)18-10-7-16(8-11-18)21(4,5)6;1-13(2)17-12-15(20)8-11-18(17)21-24(22,23)16-9-6-14(7-10-16)19(3,4)5/h7-13,23H,1-6H3;6-12,21H,1H2,2-5H3. The van der Waals surface area contributed by atoms with Crippen LogP contribution in [0.5, 0.6) is 0 Å². The highest BCUT2D eigenvalue weighted by molar-refractivity contribution is 7.93. The van der Waals surface area contributed by atoms with Crippen LogP contribution in [0.25, 0.3) is 11.1 Å². The Hall–Kier alpha value is -3.56. The van der Waals surface area contributed by atoms with E-state index in [0.717, 1.165) is 33.4 Å². The summed E-state index contributed by atoms with van der Waals surface area (Å²) in [5.74, 6) is 0. The van der Waals surface area contributed by atoms with Crippen LogP contribution in [0.3, 0.4) is 0 Å². The molecule has 4 rings (SSSR count). The molecule has 0 atom stereocenters. The van der Waals surface area contributed by atoms with Crippen LogP contribution in [0.2, 0.25) is 10.0 Å². The Labute approximate surface area is 309 Å². The molecule has 2 N–H and O–H groups in total. The van der Waals surface area contributed by atoms with Crippen LogP contribution in [0.4, 0.5) is 11.4 Å². The molecule has 0 amide bonds. The Morgan fingerprint density at radius 2 is 0.900 bits per heavy atom. The molecule has 10 heteroatoms. The van der Waals surface area contributed by atoms with Crippen LogP contribution in [0.15, 0.2) is 107 Å². The topological polar surface area (TPSA) is 92.3 Å². The number of benzene rings is 4. The van der Waals surface area contributed by atoms with E-state index >= 15 is 0 Å². The van der Waals surface area contributed by atoms with Gasteiger partial charge >= 0.3 is 0 Å². The van der Waals surface area contributed by atoms with Crippen molar-refractivity contribution >= 4 is 65.8 Å². The van der Waals surface area contributed by atoms with Crippen LogP contribution in [-0.2, 0) is 30.9 Å². The zero-order chi connectivity index (χ0) is 37.8. The fourth-order valence-corrected chi connectivity index (χ4v) is 7.32. The average molecular weight is 756 g/mol. The number of anilines is 2. The zero-order valence-electron chi connectivity index (χ0n) is 30.5. The van der Waals surface area contributed by atoms with E-state index in [1.165, 1.54) is 0 Å². The highest BCUT2D eigenvalue weighted by Crippen LogP contribution is 2.32. The summed E-state index contributed by atoms with van der Waals surface area (Å²) in [7, 11) is -7.36. The number of rotatable bonds is 8. The molecule has 4 aromatic carbocycles. The van der Waals surface area contributed by atoms with Gasteiger partial charge in [-0.1, -0.05) is 101 Å². The maximum Gasteiger partial charge on any atom is 0.261 e. The summed E-state index contributed by atoms with van der Waals surface area (Å²) in [6, 6.07) is 24.1. The van der Waals surface area contributed by atoms with E-state index in [1.807, 2.05) is 52.0 Å². The van der Waals surface area contributed by atoms with Crippen molar-refractivity contribution in [2.75, 3.05) is 9.44 Å². The monoisotopic (exact) mass is 754 g/mol. The van der Waals surface area contributed by atoms with Crippen molar-refractivity contribution in [2.24, 2.45) is 0 Å². The van der Waals surface area contributed by atoms with Gasteiger partial charge < -0.3 is 0 Å². The lowest BCUT2D eigenvalue weighted by Crippen LogP contribution is -2.15. The van der Waals surface area contributed by atoms with Crippen molar-refractivity contribution < 1.29 is 16.8 Å². The molecule has 0 aliphatic heterocycles. The van der Waals surface area contributed by atoms with Gasteiger partial charge in [0.05, 0.1) is 21.2 Å². The predicted molar refractivity (Wildman–Crippen MR) is 213 cm³/mol. The van der Waals surface area contributed by atoms with Gasteiger partial charge in [-0.05, 0) is 121 Å². The molecule has 0 saturated heterocycles. The van der Waals surface area contributed by atoms with Crippen LogP contribution >= 0.6 is 23.2 Å². The largest absolute Gasteiger partial charge is 0.279 e. The minimum absolute atomic E-state index is 0.0281. The molecule has 0 spiro atoms. The smallest absolute Gasteiger partial charge is 0.261 e. The molecule has 0 aromatic heterocycles. The third kappa shape index (κ3) is 10.7. The number of sulfonamides is 2. The van der Waals surface area contributed by atoms with E-state index in [2.05, 4.69) is 57.6 Å². The summed E-state index contributed by atoms with van der Waals surface area (Å²) >= 11 is 12.1. The van der Waals surface area contributed by atoms with Gasteiger partial charge in [0.15, 0.2) is 0 Å². The number of nitrogens with one attached hydrogen (secondary N) is 2. The Morgan fingerprint density at radius 3 is 1.22 bits per heavy atom. The first-order chi connectivity index (χ1) is 22.9. The molecule has 6 nitrogen and oxygen atoms in total. The van der Waals surface area contributed by atoms with Crippen LogP contribution < -0.4 is 9.44 Å². The van der Waals surface area contributed by atoms with Crippen molar-refractivity contribution in [2.45, 2.75) is 89.9 Å². The lowest BCUT2D eigenvalue weighted by atomic mass is 9.87. The highest BCUT2D eigenvalue weighted by Gasteiger charge is 2.21. The van der Waals surface area contributed by atoms with Gasteiger partial charge in [0.1, 0.15) is 0 Å². The van der Waals surface area contributed by atoms with E-state index in [9.17, 15) is 16.8 Å². The summed E-state index contributed by atoms with van der Waals surface area (Å²) in [6.45, 7) is 24.1. The predicted octanol–water partition coefficient (Wildman–Crippen LogP) is 11.7. The van der Waals surface area contributed by atoms with Crippen molar-refractivity contribution in [1.82, 2.24) is 0 Å². The molecule has 268 valence electrons. The summed E-state index contributed by atoms with van der Waals surface area (Å²) < 4.78 is 56.3. The quantitative estimate of drug-likeness (QED) is 0.187. The molecule has 0 bridgehead atoms. The Kier molecular flexibility index (Phi) is 12.9. The SMILES string of the molecule is C=C(C)c1cc(Cl)ccc1NS(=O)(=O)c1ccc(C(C)(C)C)cc1.CC(C)=C(C)c1cc(Cl)ccc1NS(=O)(=O)c1ccc(C(C)(C)C)cc1. The van der Waals surface area contributed by atoms with Gasteiger partial charge in [0.2, 0.25) is 0 Å². The van der Waals surface area contributed by atoms with E-state index in [1.54, 1.807) is 60.7 Å². The van der Waals surface area contributed by atoms with Crippen molar-refractivity contribution in [3.8, 4) is 0 Å². The second-order valence-corrected chi connectivity index (χ2v) is 18.8. The fourth-order valence-electron chi connectivity index (χ4n) is 4.82. The molecule has 0 heterocycles. The number of hydrogen-bond acceptors (Lipinski definition) is 4. The lowest BCUT2D eigenvalue weighted by Gasteiger charge is -2.19. The molecular formula is C40H48Cl2N2O4S2. The number of allylic oxidation sites excluding steroid dienone is 3. The van der Waals surface area contributed by atoms with Crippen molar-refractivity contribution in [3.63, 3.8) is 0 Å². The van der Waals surface area contributed by atoms with Gasteiger partial charge in [0, 0.05) is 21.2 Å². The first kappa shape index (κ1) is 40.9. The molecule has 0 aliphatic carbocycles. The van der Waals surface area contributed by atoms with Gasteiger partial charge in [-0.15, -0.1) is 0 Å². The lowest BCUT2D eigenvalue weighted by molar-refractivity contribution is 0.587. The van der Waals surface area contributed by atoms with E-state index in [4.69, 9.17) is 23.2 Å². The second-order valence-electron chi connectivity index (χ2n) is 14.5. The molecule has 50 heavy (non-hydrogen) atoms. The summed E-state index contributed by atoms with van der Waals surface area (Å²) in [5.41, 5.74) is 7.39.